The predicted octanol–water partition coefficient (Wildman–Crippen LogP) is 13.3. The fraction of sp³-hybridized carbons (Fsp3) is 0.925. The Morgan fingerprint density at radius 3 is 1.28 bits per heavy atom. The van der Waals surface area contributed by atoms with Crippen molar-refractivity contribution >= 4 is 17.9 Å². The summed E-state index contributed by atoms with van der Waals surface area (Å²) in [6.45, 7) is 6.29. The van der Waals surface area contributed by atoms with E-state index < -0.39 is 144 Å². The Hall–Kier alpha value is -3.49. The summed E-state index contributed by atoms with van der Waals surface area (Å²) in [5.74, 6) is -24.4. The monoisotopic (exact) mass is 1150 g/mol. The molecule has 0 heterocycles. The van der Waals surface area contributed by atoms with Crippen LogP contribution in [0.25, 0.3) is 0 Å². The van der Waals surface area contributed by atoms with Crippen molar-refractivity contribution in [2.24, 2.45) is 39.9 Å². The summed E-state index contributed by atoms with van der Waals surface area (Å²) in [6, 6.07) is 0. The van der Waals surface area contributed by atoms with Crippen molar-refractivity contribution in [1.82, 2.24) is 0 Å². The molecule has 0 amide bonds. The lowest BCUT2D eigenvalue weighted by molar-refractivity contribution is -0.408. The van der Waals surface area contributed by atoms with Gasteiger partial charge in [-0.25, -0.2) is 8.78 Å². The smallest absolute Gasteiger partial charge is 0.430 e. The van der Waals surface area contributed by atoms with Crippen LogP contribution >= 0.6 is 0 Å². The average molecular weight is 1150 g/mol. The summed E-state index contributed by atoms with van der Waals surface area (Å²) in [4.78, 5) is 35.5. The molecule has 0 aromatic heterocycles. The number of hydrogen-bond donors (Lipinski definition) is 2. The Labute approximate surface area is 403 Å². The van der Waals surface area contributed by atoms with Gasteiger partial charge in [0.25, 0.3) is 11.2 Å². The van der Waals surface area contributed by atoms with E-state index in [0.717, 1.165) is 13.8 Å². The second-order valence-corrected chi connectivity index (χ2v) is 19.0. The molecule has 2 bridgehead atoms. The number of fused-ring (bicyclic) bond motifs is 2. The highest BCUT2D eigenvalue weighted by Gasteiger charge is 2.80. The number of hydrogen-bond acceptors (Lipinski definition) is 8. The maximum atomic E-state index is 13.1. The number of aliphatic hydroxyl groups is 2. The van der Waals surface area contributed by atoms with Crippen LogP contribution in [0.15, 0.2) is 0 Å². The van der Waals surface area contributed by atoms with Gasteiger partial charge in [0.1, 0.15) is 6.10 Å². The number of halogens is 26. The number of carbonyl (C=O) groups excluding carboxylic acids is 3. The zero-order chi connectivity index (χ0) is 60.1. The molecule has 2 fully saturated rings. The SMILES string of the molecule is CC1C2CC(C1C)C(C)(C(=O)OC(C)(C)C(O)(C(F)(F)F)C(F)(F)F)C2.CCC(C)(C(=O)OC(C)CC(O)(C(F)(F)F)C(F)(F)F)C(F)(F)F.CCC(C)(C(=O)OCC(F)(F)C(F)(F)C(F)(F)C(F)F)C(F)(F)F. The number of carbonyl (C=O) groups is 3. The largest absolute Gasteiger partial charge is 0.462 e. The van der Waals surface area contributed by atoms with Gasteiger partial charge in [-0.05, 0) is 90.9 Å². The van der Waals surface area contributed by atoms with E-state index in [1.165, 1.54) is 6.92 Å². The average Bonchev–Trinajstić information content (AvgIpc) is 3.69. The zero-order valence-electron chi connectivity index (χ0n) is 39.9. The van der Waals surface area contributed by atoms with Gasteiger partial charge in [-0.3, -0.25) is 14.4 Å². The predicted molar refractivity (Wildman–Crippen MR) is 198 cm³/mol. The van der Waals surface area contributed by atoms with Crippen LogP contribution < -0.4 is 0 Å². The summed E-state index contributed by atoms with van der Waals surface area (Å²) >= 11 is 0. The fourth-order valence-corrected chi connectivity index (χ4v) is 7.73. The molecule has 0 radical (unpaired) electrons. The van der Waals surface area contributed by atoms with E-state index in [4.69, 9.17) is 9.84 Å². The minimum Gasteiger partial charge on any atom is -0.462 e. The summed E-state index contributed by atoms with van der Waals surface area (Å²) in [5, 5.41) is 18.5. The Kier molecular flexibility index (Phi) is 20.7. The molecule has 2 N–H and O–H groups in total. The van der Waals surface area contributed by atoms with Crippen LogP contribution in [-0.4, -0.2) is 119 Å². The van der Waals surface area contributed by atoms with Crippen LogP contribution in [0.5, 0.6) is 0 Å². The van der Waals surface area contributed by atoms with Gasteiger partial charge in [0.05, 0.1) is 5.41 Å². The van der Waals surface area contributed by atoms with E-state index in [1.54, 1.807) is 0 Å². The number of rotatable bonds is 15. The molecule has 2 aliphatic rings. The molecular weight excluding hydrogens is 1100 g/mol. The van der Waals surface area contributed by atoms with E-state index in [-0.39, 0.29) is 24.7 Å². The lowest BCUT2D eigenvalue weighted by Gasteiger charge is -2.46. The van der Waals surface area contributed by atoms with Gasteiger partial charge in [-0.1, -0.05) is 27.7 Å². The zero-order valence-corrected chi connectivity index (χ0v) is 39.9. The molecule has 0 aromatic rings. The molecule has 2 aliphatic carbocycles. The van der Waals surface area contributed by atoms with Gasteiger partial charge in [0.2, 0.25) is 0 Å². The molecular formula is C40H50F26O8. The van der Waals surface area contributed by atoms with E-state index in [2.05, 4.69) is 9.47 Å². The summed E-state index contributed by atoms with van der Waals surface area (Å²) < 4.78 is 343. The number of ether oxygens (including phenoxy) is 3. The first-order valence-corrected chi connectivity index (χ1v) is 21.0. The van der Waals surface area contributed by atoms with Gasteiger partial charge in [0, 0.05) is 6.42 Å². The molecule has 0 spiro atoms. The van der Waals surface area contributed by atoms with Crippen molar-refractivity contribution in [3.8, 4) is 0 Å². The standard InChI is InChI=1S/C17H24F6O3.C12H15F9O3.C11H11F11O2/c1-8-9(2)11-6-10(8)7-14(11,5)12(24)26-13(3,4)15(25,16(18,19)20)17(21,22)23;1-4-8(3,10(13,14)15)7(22)24-6(2)5-9(23,11(16,17)18)12(19,20)21;1-3-7(2,11(20,21)22)6(23)24-4-8(14,15)10(18,19)9(16,17)5(12)13/h8-11,25H,6-7H2,1-5H3;6,23H,4-5H2,1-3H3;5H,3-4H2,1-2H3. The first kappa shape index (κ1) is 70.5. The molecule has 440 valence electrons. The third-order valence-corrected chi connectivity index (χ3v) is 13.7. The molecule has 8 unspecified atom stereocenters. The molecule has 34 heteroatoms. The second kappa shape index (κ2) is 21.7. The minimum absolute atomic E-state index is 0.110. The van der Waals surface area contributed by atoms with E-state index in [9.17, 15) is 134 Å². The quantitative estimate of drug-likeness (QED) is 0.0945. The Bertz CT molecular complexity index is 1890. The minimum atomic E-state index is -6.67. The maximum absolute atomic E-state index is 13.1. The summed E-state index contributed by atoms with van der Waals surface area (Å²) in [5.41, 5.74) is -21.3. The first-order chi connectivity index (χ1) is 32.1. The topological polar surface area (TPSA) is 119 Å². The highest BCUT2D eigenvalue weighted by Crippen LogP contribution is 2.62. The molecule has 74 heavy (non-hydrogen) atoms. The molecule has 8 nitrogen and oxygen atoms in total. The summed E-state index contributed by atoms with van der Waals surface area (Å²) in [7, 11) is 0. The van der Waals surface area contributed by atoms with Crippen molar-refractivity contribution in [2.75, 3.05) is 6.61 Å². The highest BCUT2D eigenvalue weighted by molar-refractivity contribution is 5.79. The van der Waals surface area contributed by atoms with Gasteiger partial charge < -0.3 is 24.4 Å². The lowest BCUT2D eigenvalue weighted by Crippen LogP contribution is -2.70. The third kappa shape index (κ3) is 13.1. The number of esters is 3. The van der Waals surface area contributed by atoms with Crippen LogP contribution in [0, 0.1) is 39.9 Å². The van der Waals surface area contributed by atoms with Crippen LogP contribution in [0.1, 0.15) is 101 Å². The molecule has 2 saturated carbocycles. The Morgan fingerprint density at radius 1 is 0.608 bits per heavy atom. The van der Waals surface area contributed by atoms with Crippen molar-refractivity contribution in [1.29, 1.82) is 0 Å². The molecule has 8 atom stereocenters. The van der Waals surface area contributed by atoms with Crippen molar-refractivity contribution in [3.63, 3.8) is 0 Å². The van der Waals surface area contributed by atoms with Crippen molar-refractivity contribution < 1.29 is 153 Å². The van der Waals surface area contributed by atoms with Crippen LogP contribution in [0.4, 0.5) is 114 Å². The van der Waals surface area contributed by atoms with Gasteiger partial charge in [-0.2, -0.15) is 105 Å². The van der Waals surface area contributed by atoms with E-state index in [0.29, 0.717) is 46.5 Å². The Morgan fingerprint density at radius 2 is 0.986 bits per heavy atom. The second-order valence-electron chi connectivity index (χ2n) is 19.0. The molecule has 0 aliphatic heterocycles. The normalized spacial score (nSPS) is 23.9. The van der Waals surface area contributed by atoms with Gasteiger partial charge >= 0.3 is 79.2 Å². The van der Waals surface area contributed by atoms with Gasteiger partial charge in [-0.15, -0.1) is 0 Å². The first-order valence-electron chi connectivity index (χ1n) is 21.0. The lowest BCUT2D eigenvalue weighted by atomic mass is 9.66. The highest BCUT2D eigenvalue weighted by atomic mass is 19.4. The molecule has 0 saturated heterocycles. The van der Waals surface area contributed by atoms with E-state index >= 15 is 0 Å². The van der Waals surface area contributed by atoms with Crippen molar-refractivity contribution in [3.05, 3.63) is 0 Å². The maximum Gasteiger partial charge on any atom is 0.430 e. The van der Waals surface area contributed by atoms with Crippen LogP contribution in [0.2, 0.25) is 0 Å². The van der Waals surface area contributed by atoms with Crippen molar-refractivity contribution in [2.45, 2.75) is 185 Å². The molecule has 0 aromatic carbocycles. The molecule has 2 rings (SSSR count). The Balaban J connectivity index is 0.00000108. The third-order valence-electron chi connectivity index (χ3n) is 13.7. The fourth-order valence-electron chi connectivity index (χ4n) is 7.73. The van der Waals surface area contributed by atoms with Gasteiger partial charge in [0.15, 0.2) is 23.0 Å². The van der Waals surface area contributed by atoms with Crippen LogP contribution in [-0.2, 0) is 28.6 Å². The van der Waals surface area contributed by atoms with E-state index in [1.807, 2.05) is 13.8 Å². The summed E-state index contributed by atoms with van der Waals surface area (Å²) in [6.07, 6.45) is -45.4. The van der Waals surface area contributed by atoms with Crippen LogP contribution in [0.3, 0.4) is 0 Å². The number of alkyl halides is 26.